The Bertz CT molecular complexity index is 1850. The number of ether oxygens (including phenoxy) is 2. The second-order valence-corrected chi connectivity index (χ2v) is 15.9. The molecule has 0 aliphatic carbocycles. The zero-order valence-electron chi connectivity index (χ0n) is 33.8. The summed E-state index contributed by atoms with van der Waals surface area (Å²) < 4.78 is 11.2. The van der Waals surface area contributed by atoms with Crippen molar-refractivity contribution >= 4 is 47.3 Å². The van der Waals surface area contributed by atoms with E-state index >= 15 is 0 Å². The Morgan fingerprint density at radius 3 is 1.75 bits per heavy atom. The standard InChI is InChI=1S/C42H55N5O12S/c1-42(2,3)59-41(57)47(39(55)27(43)20-21-60-4)29(22-30(44)49)38(54)46-28(23-48)33(50)35(52)36(53)34(51)31(24-14-8-5-9-15-24)32(45)40(56)58-37(25-16-10-6-11-17-25)26-18-12-7-13-19-26/h5-19,27-29,31-33,35-37,48,50,52-53H,20-23,43,45H2,1-4H3,(H2,44,49)(H,46,54)/t27-,28-,29-,31?,32-,33+,35+,36+/m0/s1. The molecule has 1 unspecified atom stereocenters. The molecule has 0 spiro atoms. The highest BCUT2D eigenvalue weighted by molar-refractivity contribution is 7.98. The van der Waals surface area contributed by atoms with Gasteiger partial charge in [-0.25, -0.2) is 9.69 Å². The largest absolute Gasteiger partial charge is 0.451 e. The van der Waals surface area contributed by atoms with E-state index in [1.165, 1.54) is 44.7 Å². The summed E-state index contributed by atoms with van der Waals surface area (Å²) in [5.74, 6) is -7.11. The number of imide groups is 1. The molecule has 0 aliphatic heterocycles. The van der Waals surface area contributed by atoms with Gasteiger partial charge in [0.1, 0.15) is 36.0 Å². The molecule has 4 amide bonds. The average molecular weight is 854 g/mol. The van der Waals surface area contributed by atoms with Crippen LogP contribution in [0.3, 0.4) is 0 Å². The van der Waals surface area contributed by atoms with Crippen molar-refractivity contribution in [2.24, 2.45) is 17.2 Å². The zero-order chi connectivity index (χ0) is 44.7. The van der Waals surface area contributed by atoms with E-state index in [0.717, 1.165) is 0 Å². The van der Waals surface area contributed by atoms with Crippen LogP contribution in [0.15, 0.2) is 91.0 Å². The maximum absolute atomic E-state index is 14.1. The van der Waals surface area contributed by atoms with Gasteiger partial charge in [-0.15, -0.1) is 0 Å². The van der Waals surface area contributed by atoms with Gasteiger partial charge in [0.05, 0.1) is 31.0 Å². The number of aliphatic hydroxyl groups is 4. The Hall–Kier alpha value is -5.21. The Balaban J connectivity index is 1.92. The molecule has 326 valence electrons. The van der Waals surface area contributed by atoms with Crippen LogP contribution in [0.5, 0.6) is 0 Å². The van der Waals surface area contributed by atoms with E-state index in [4.69, 9.17) is 26.7 Å². The maximum Gasteiger partial charge on any atom is 0.417 e. The van der Waals surface area contributed by atoms with Crippen molar-refractivity contribution in [3.63, 3.8) is 0 Å². The van der Waals surface area contributed by atoms with Crippen molar-refractivity contribution in [1.29, 1.82) is 0 Å². The SMILES string of the molecule is CSCC[C@H](N)C(=O)N(C(=O)OC(C)(C)C)[C@@H](CC(N)=O)C(=O)N[C@@H](CO)[C@@H](O)[C@@H](O)[C@H](O)C(=O)C(c1ccccc1)[C@H](N)C(=O)OC(c1ccccc1)c1ccccc1. The number of aliphatic hydroxyl groups excluding tert-OH is 4. The predicted molar refractivity (Wildman–Crippen MR) is 222 cm³/mol. The third kappa shape index (κ3) is 13.7. The van der Waals surface area contributed by atoms with Crippen molar-refractivity contribution in [3.05, 3.63) is 108 Å². The highest BCUT2D eigenvalue weighted by atomic mass is 32.2. The molecule has 18 heteroatoms. The minimum Gasteiger partial charge on any atom is -0.451 e. The molecule has 0 fully saturated rings. The number of thioether (sulfide) groups is 1. The molecule has 3 rings (SSSR count). The molecule has 0 heterocycles. The van der Waals surface area contributed by atoms with Crippen molar-refractivity contribution in [3.8, 4) is 0 Å². The minimum atomic E-state index is -2.50. The van der Waals surface area contributed by atoms with Gasteiger partial charge in [0.2, 0.25) is 17.7 Å². The van der Waals surface area contributed by atoms with Gasteiger partial charge in [0, 0.05) is 0 Å². The Morgan fingerprint density at radius 2 is 1.30 bits per heavy atom. The molecule has 3 aromatic rings. The Kier molecular flexibility index (Phi) is 18.8. The summed E-state index contributed by atoms with van der Waals surface area (Å²) in [5.41, 5.74) is 18.1. The lowest BCUT2D eigenvalue weighted by molar-refractivity contribution is -0.154. The van der Waals surface area contributed by atoms with E-state index in [9.17, 15) is 49.2 Å². The van der Waals surface area contributed by atoms with Crippen molar-refractivity contribution in [2.45, 2.75) is 93.7 Å². The lowest BCUT2D eigenvalue weighted by Gasteiger charge is -2.34. The number of esters is 1. The molecule has 0 saturated heterocycles. The van der Waals surface area contributed by atoms with Crippen molar-refractivity contribution < 1.29 is 58.7 Å². The average Bonchev–Trinajstić information content (AvgIpc) is 3.22. The van der Waals surface area contributed by atoms with Crippen molar-refractivity contribution in [1.82, 2.24) is 10.2 Å². The molecule has 0 aliphatic rings. The summed E-state index contributed by atoms with van der Waals surface area (Å²) in [6.07, 6.45) is -8.72. The Morgan fingerprint density at radius 1 is 0.800 bits per heavy atom. The van der Waals surface area contributed by atoms with E-state index < -0.39 is 109 Å². The summed E-state index contributed by atoms with van der Waals surface area (Å²) in [6.45, 7) is 3.32. The first-order valence-corrected chi connectivity index (χ1v) is 20.4. The fraction of sp³-hybridized carbons (Fsp3) is 0.429. The molecular formula is C42H55N5O12S. The van der Waals surface area contributed by atoms with Gasteiger partial charge in [-0.2, -0.15) is 11.8 Å². The number of Topliss-reactive ketones (excluding diaryl/α,β-unsaturated/α-hetero) is 1. The van der Waals surface area contributed by atoms with Gasteiger partial charge in [0.25, 0.3) is 0 Å². The first-order chi connectivity index (χ1) is 28.3. The third-order valence-corrected chi connectivity index (χ3v) is 9.87. The van der Waals surface area contributed by atoms with E-state index in [-0.39, 0.29) is 12.0 Å². The number of rotatable bonds is 21. The number of benzene rings is 3. The quantitative estimate of drug-likeness (QED) is 0.0683. The maximum atomic E-state index is 14.1. The first-order valence-electron chi connectivity index (χ1n) is 19.0. The van der Waals surface area contributed by atoms with Crippen LogP contribution in [0, 0.1) is 0 Å². The van der Waals surface area contributed by atoms with Crippen LogP contribution in [-0.4, -0.2) is 128 Å². The van der Waals surface area contributed by atoms with Gasteiger partial charge in [-0.1, -0.05) is 91.0 Å². The van der Waals surface area contributed by atoms with Crippen LogP contribution in [0.4, 0.5) is 4.79 Å². The number of primary amides is 1. The molecule has 0 saturated carbocycles. The van der Waals surface area contributed by atoms with E-state index in [1.807, 2.05) is 0 Å². The summed E-state index contributed by atoms with van der Waals surface area (Å²) in [6, 6.07) is 18.1. The number of nitrogens with two attached hydrogens (primary N) is 3. The van der Waals surface area contributed by atoms with Gasteiger partial charge in [-0.3, -0.25) is 24.0 Å². The van der Waals surface area contributed by atoms with Gasteiger partial charge < -0.3 is 52.4 Å². The normalized spacial score (nSPS) is 15.6. The van der Waals surface area contributed by atoms with E-state index in [2.05, 4.69) is 5.32 Å². The molecule has 11 N–H and O–H groups in total. The molecule has 60 heavy (non-hydrogen) atoms. The molecule has 17 nitrogen and oxygen atoms in total. The molecule has 0 bridgehead atoms. The predicted octanol–water partition coefficient (Wildman–Crippen LogP) is 0.647. The fourth-order valence-electron chi connectivity index (χ4n) is 6.14. The third-order valence-electron chi connectivity index (χ3n) is 9.22. The number of ketones is 1. The van der Waals surface area contributed by atoms with Crippen molar-refractivity contribution in [2.75, 3.05) is 18.6 Å². The smallest absolute Gasteiger partial charge is 0.417 e. The first kappa shape index (κ1) is 49.2. The second-order valence-electron chi connectivity index (χ2n) is 14.9. The lowest BCUT2D eigenvalue weighted by atomic mass is 9.83. The van der Waals surface area contributed by atoms with E-state index in [1.54, 1.807) is 85.1 Å². The zero-order valence-corrected chi connectivity index (χ0v) is 34.6. The number of hydrogen-bond donors (Lipinski definition) is 8. The number of hydrogen-bond acceptors (Lipinski definition) is 15. The van der Waals surface area contributed by atoms with Gasteiger partial charge >= 0.3 is 12.1 Å². The molecule has 3 aromatic carbocycles. The molecule has 0 radical (unpaired) electrons. The molecular weight excluding hydrogens is 799 g/mol. The van der Waals surface area contributed by atoms with Gasteiger partial charge in [0.15, 0.2) is 11.9 Å². The fourth-order valence-corrected chi connectivity index (χ4v) is 6.63. The summed E-state index contributed by atoms with van der Waals surface area (Å²) in [7, 11) is 0. The minimum absolute atomic E-state index is 0.0618. The molecule has 0 aromatic heterocycles. The summed E-state index contributed by atoms with van der Waals surface area (Å²) in [5, 5.41) is 46.2. The summed E-state index contributed by atoms with van der Waals surface area (Å²) >= 11 is 1.35. The number of carbonyl (C=O) groups is 6. The van der Waals surface area contributed by atoms with Crippen LogP contribution in [0.2, 0.25) is 0 Å². The Labute approximate surface area is 352 Å². The number of carbonyl (C=O) groups excluding carboxylic acids is 6. The van der Waals surface area contributed by atoms with Gasteiger partial charge in [-0.05, 0) is 55.9 Å². The molecule has 8 atom stereocenters. The number of amides is 4. The second kappa shape index (κ2) is 23.0. The van der Waals surface area contributed by atoms with Crippen LogP contribution in [-0.2, 0) is 33.4 Å². The summed E-state index contributed by atoms with van der Waals surface area (Å²) in [4.78, 5) is 81.2. The highest BCUT2D eigenvalue weighted by Crippen LogP contribution is 2.30. The van der Waals surface area contributed by atoms with Crippen LogP contribution >= 0.6 is 11.8 Å². The van der Waals surface area contributed by atoms with Crippen LogP contribution in [0.1, 0.15) is 62.3 Å². The topological polar surface area (TPSA) is 295 Å². The van der Waals surface area contributed by atoms with E-state index in [0.29, 0.717) is 21.8 Å². The number of nitrogens with one attached hydrogen (secondary N) is 1. The highest BCUT2D eigenvalue weighted by Gasteiger charge is 2.45. The van der Waals surface area contributed by atoms with Crippen LogP contribution < -0.4 is 22.5 Å². The van der Waals surface area contributed by atoms with Crippen LogP contribution in [0.25, 0.3) is 0 Å². The monoisotopic (exact) mass is 853 g/mol. The lowest BCUT2D eigenvalue weighted by Crippen LogP contribution is -2.62. The number of nitrogens with zero attached hydrogens (tertiary/aromatic N) is 1.